The van der Waals surface area contributed by atoms with Gasteiger partial charge in [-0.3, -0.25) is 4.79 Å². The van der Waals surface area contributed by atoms with Crippen molar-refractivity contribution < 1.29 is 23.7 Å². The van der Waals surface area contributed by atoms with Crippen LogP contribution in [0, 0.1) is 6.92 Å². The van der Waals surface area contributed by atoms with E-state index in [1.807, 2.05) is 48.5 Å². The molecule has 1 heterocycles. The van der Waals surface area contributed by atoms with Gasteiger partial charge in [0.25, 0.3) is 0 Å². The molecule has 0 radical (unpaired) electrons. The van der Waals surface area contributed by atoms with Crippen LogP contribution in [0.1, 0.15) is 40.3 Å². The third-order valence-electron chi connectivity index (χ3n) is 8.86. The first-order valence-corrected chi connectivity index (χ1v) is 16.2. The van der Waals surface area contributed by atoms with Crippen LogP contribution in [0.25, 0.3) is 11.1 Å². The average Bonchev–Trinajstić information content (AvgIpc) is 3.79. The van der Waals surface area contributed by atoms with Gasteiger partial charge in [0, 0.05) is 10.6 Å². The van der Waals surface area contributed by atoms with Gasteiger partial charge in [0.05, 0.1) is 24.9 Å². The summed E-state index contributed by atoms with van der Waals surface area (Å²) in [4.78, 5) is 14.7. The van der Waals surface area contributed by atoms with Crippen LogP contribution in [0.4, 0.5) is 5.69 Å². The fraction of sp³-hybridized carbons (Fsp3) is 0.205. The Morgan fingerprint density at radius 2 is 1.39 bits per heavy atom. The van der Waals surface area contributed by atoms with Crippen LogP contribution in [0.2, 0.25) is 0 Å². The largest absolute Gasteiger partial charge is 0.497 e. The van der Waals surface area contributed by atoms with Crippen LogP contribution in [0.5, 0.6) is 23.0 Å². The normalized spacial score (nSPS) is 14.2. The van der Waals surface area contributed by atoms with E-state index >= 15 is 0 Å². The van der Waals surface area contributed by atoms with Gasteiger partial charge in [-0.2, -0.15) is 0 Å². The maximum absolute atomic E-state index is 13.6. The number of rotatable bonds is 10. The Kier molecular flexibility index (Phi) is 8.09. The molecule has 0 unspecified atom stereocenters. The lowest BCUT2D eigenvalue weighted by Gasteiger charge is -2.19. The number of carbonyl (C=O) groups excluding carboxylic acids is 1. The van der Waals surface area contributed by atoms with Crippen LogP contribution in [-0.2, 0) is 10.2 Å². The SMILES string of the molecule is COc1ccc(C(Sc2ccc(-c3cc(NC(=O)C4(c5ccc6c(c5)OCO6)CC4)ccc3C)cc2)c2ccc(OC)cc2)cc1. The third kappa shape index (κ3) is 5.90. The van der Waals surface area contributed by atoms with E-state index in [0.29, 0.717) is 5.75 Å². The highest BCUT2D eigenvalue weighted by molar-refractivity contribution is 7.99. The first-order chi connectivity index (χ1) is 22.5. The summed E-state index contributed by atoms with van der Waals surface area (Å²) in [6.07, 6.45) is 1.62. The van der Waals surface area contributed by atoms with E-state index in [0.717, 1.165) is 62.9 Å². The van der Waals surface area contributed by atoms with Gasteiger partial charge < -0.3 is 24.3 Å². The number of hydrogen-bond donors (Lipinski definition) is 1. The van der Waals surface area contributed by atoms with Crippen molar-refractivity contribution in [2.75, 3.05) is 26.3 Å². The molecule has 2 aliphatic rings. The van der Waals surface area contributed by atoms with Gasteiger partial charge in [0.15, 0.2) is 11.5 Å². The van der Waals surface area contributed by atoms with Crippen LogP contribution in [0.15, 0.2) is 114 Å². The van der Waals surface area contributed by atoms with E-state index in [9.17, 15) is 4.79 Å². The van der Waals surface area contributed by atoms with Crippen molar-refractivity contribution in [1.29, 1.82) is 0 Å². The Hall–Kier alpha value is -4.88. The number of methoxy groups -OCH3 is 2. The summed E-state index contributed by atoms with van der Waals surface area (Å²) in [5.41, 5.74) is 6.93. The summed E-state index contributed by atoms with van der Waals surface area (Å²) in [7, 11) is 3.37. The molecule has 7 heteroatoms. The van der Waals surface area contributed by atoms with Gasteiger partial charge in [0.2, 0.25) is 12.7 Å². The molecule has 1 fully saturated rings. The van der Waals surface area contributed by atoms with Crippen LogP contribution in [0.3, 0.4) is 0 Å². The fourth-order valence-corrected chi connectivity index (χ4v) is 7.11. The lowest BCUT2D eigenvalue weighted by molar-refractivity contribution is -0.118. The molecule has 46 heavy (non-hydrogen) atoms. The summed E-state index contributed by atoms with van der Waals surface area (Å²) in [6.45, 7) is 2.32. The van der Waals surface area contributed by atoms with Gasteiger partial charge in [0.1, 0.15) is 11.5 Å². The second-order valence-electron chi connectivity index (χ2n) is 11.7. The summed E-state index contributed by atoms with van der Waals surface area (Å²) in [6, 6.07) is 37.1. The van der Waals surface area contributed by atoms with Gasteiger partial charge >= 0.3 is 0 Å². The van der Waals surface area contributed by atoms with E-state index in [2.05, 4.69) is 72.9 Å². The topological polar surface area (TPSA) is 66.0 Å². The predicted octanol–water partition coefficient (Wildman–Crippen LogP) is 8.96. The molecule has 1 aliphatic heterocycles. The second kappa shape index (κ2) is 12.5. The molecule has 0 bridgehead atoms. The van der Waals surface area contributed by atoms with Crippen molar-refractivity contribution in [1.82, 2.24) is 0 Å². The van der Waals surface area contributed by atoms with Crippen LogP contribution < -0.4 is 24.3 Å². The molecule has 0 spiro atoms. The number of ether oxygens (including phenoxy) is 4. The standard InChI is InChI=1S/C39H35NO5S/c1-25-4-12-30(40-38(41)39(20-21-39)29-11-19-35-36(22-29)45-24-44-35)23-34(25)26-9-17-33(18-10-26)46-37(27-5-13-31(42-2)14-6-27)28-7-15-32(43-3)16-8-28/h4-19,22-23,37H,20-21,24H2,1-3H3,(H,40,41). The molecule has 5 aromatic rings. The van der Waals surface area contributed by atoms with Crippen molar-refractivity contribution in [3.8, 4) is 34.1 Å². The van der Waals surface area contributed by atoms with Gasteiger partial charge in [-0.25, -0.2) is 0 Å². The molecule has 6 nitrogen and oxygen atoms in total. The summed E-state index contributed by atoms with van der Waals surface area (Å²) >= 11 is 1.80. The van der Waals surface area contributed by atoms with E-state index < -0.39 is 5.41 Å². The lowest BCUT2D eigenvalue weighted by atomic mass is 9.94. The summed E-state index contributed by atoms with van der Waals surface area (Å²) < 4.78 is 21.8. The van der Waals surface area contributed by atoms with Gasteiger partial charge in [-0.05, 0) is 114 Å². The predicted molar refractivity (Wildman–Crippen MR) is 182 cm³/mol. The molecule has 1 saturated carbocycles. The molecule has 0 atom stereocenters. The number of benzene rings is 5. The van der Waals surface area contributed by atoms with Crippen molar-refractivity contribution >= 4 is 23.4 Å². The molecule has 5 aromatic carbocycles. The highest BCUT2D eigenvalue weighted by atomic mass is 32.2. The number of aryl methyl sites for hydroxylation is 1. The van der Waals surface area contributed by atoms with Crippen molar-refractivity contribution in [3.63, 3.8) is 0 Å². The van der Waals surface area contributed by atoms with Crippen molar-refractivity contribution in [2.24, 2.45) is 0 Å². The maximum Gasteiger partial charge on any atom is 0.235 e. The van der Waals surface area contributed by atoms with Crippen molar-refractivity contribution in [3.05, 3.63) is 131 Å². The maximum atomic E-state index is 13.6. The monoisotopic (exact) mass is 629 g/mol. The Morgan fingerprint density at radius 3 is 2.00 bits per heavy atom. The first kappa shape index (κ1) is 29.8. The number of thioether (sulfide) groups is 1. The van der Waals surface area contributed by atoms with Crippen LogP contribution in [-0.4, -0.2) is 26.9 Å². The zero-order chi connectivity index (χ0) is 31.7. The molecule has 0 aromatic heterocycles. The lowest BCUT2D eigenvalue weighted by Crippen LogP contribution is -2.27. The zero-order valence-corrected chi connectivity index (χ0v) is 26.9. The Balaban J connectivity index is 1.10. The average molecular weight is 630 g/mol. The third-order valence-corrected chi connectivity index (χ3v) is 10.2. The highest BCUT2D eigenvalue weighted by Crippen LogP contribution is 2.51. The minimum Gasteiger partial charge on any atom is -0.497 e. The molecule has 1 amide bonds. The molecule has 7 rings (SSSR count). The minimum absolute atomic E-state index is 0.0102. The number of amides is 1. The van der Waals surface area contributed by atoms with Gasteiger partial charge in [-0.1, -0.05) is 48.5 Å². The molecule has 1 N–H and O–H groups in total. The number of fused-ring (bicyclic) bond motifs is 1. The van der Waals surface area contributed by atoms with Crippen molar-refractivity contribution in [2.45, 2.75) is 35.3 Å². The molecule has 232 valence electrons. The zero-order valence-electron chi connectivity index (χ0n) is 26.0. The Bertz CT molecular complexity index is 1820. The number of hydrogen-bond acceptors (Lipinski definition) is 6. The van der Waals surface area contributed by atoms with E-state index in [4.69, 9.17) is 18.9 Å². The quantitative estimate of drug-likeness (QED) is 0.156. The second-order valence-corrected chi connectivity index (χ2v) is 12.9. The molecule has 0 saturated heterocycles. The van der Waals surface area contributed by atoms with E-state index in [-0.39, 0.29) is 18.0 Å². The first-order valence-electron chi connectivity index (χ1n) is 15.3. The number of carbonyl (C=O) groups is 1. The molecule has 1 aliphatic carbocycles. The van der Waals surface area contributed by atoms with Crippen LogP contribution >= 0.6 is 11.8 Å². The van der Waals surface area contributed by atoms with E-state index in [1.165, 1.54) is 11.1 Å². The highest BCUT2D eigenvalue weighted by Gasteiger charge is 2.51. The number of anilines is 1. The number of nitrogens with one attached hydrogen (secondary N) is 1. The minimum atomic E-state index is -0.533. The van der Waals surface area contributed by atoms with E-state index in [1.54, 1.807) is 26.0 Å². The van der Waals surface area contributed by atoms with Gasteiger partial charge in [-0.15, -0.1) is 11.8 Å². The Labute approximate surface area is 273 Å². The fourth-order valence-electron chi connectivity index (χ4n) is 5.96. The Morgan fingerprint density at radius 1 is 0.761 bits per heavy atom. The summed E-state index contributed by atoms with van der Waals surface area (Å²) in [5, 5.41) is 3.29. The molecular weight excluding hydrogens is 594 g/mol. The summed E-state index contributed by atoms with van der Waals surface area (Å²) in [5.74, 6) is 3.11. The smallest absolute Gasteiger partial charge is 0.235 e. The molecular formula is C39H35NO5S.